The summed E-state index contributed by atoms with van der Waals surface area (Å²) in [5.41, 5.74) is 0.390. The van der Waals surface area contributed by atoms with Crippen LogP contribution in [0.3, 0.4) is 0 Å². The highest BCUT2D eigenvalue weighted by atomic mass is 19.3. The number of alkyl halides is 2. The first-order chi connectivity index (χ1) is 11.4. The van der Waals surface area contributed by atoms with Gasteiger partial charge in [0.15, 0.2) is 11.5 Å². The van der Waals surface area contributed by atoms with Gasteiger partial charge in [-0.25, -0.2) is 4.79 Å². The number of urea groups is 1. The van der Waals surface area contributed by atoms with Crippen LogP contribution >= 0.6 is 0 Å². The third-order valence-electron chi connectivity index (χ3n) is 3.80. The normalized spacial score (nSPS) is 18.2. The van der Waals surface area contributed by atoms with Crippen LogP contribution in [-0.2, 0) is 4.79 Å². The zero-order valence-electron chi connectivity index (χ0n) is 12.7. The third kappa shape index (κ3) is 4.03. The largest absolute Gasteiger partial charge is 0.586 e. The molecule has 0 saturated heterocycles. The lowest BCUT2D eigenvalue weighted by molar-refractivity contribution is -0.286. The van der Waals surface area contributed by atoms with E-state index in [1.807, 2.05) is 0 Å². The summed E-state index contributed by atoms with van der Waals surface area (Å²) in [4.78, 5) is 23.4. The number of hydrogen-bond acceptors (Lipinski definition) is 5. The van der Waals surface area contributed by atoms with Crippen LogP contribution in [0.5, 0.6) is 11.5 Å². The molecule has 1 fully saturated rings. The fraction of sp³-hybridized carbons (Fsp3) is 0.467. The van der Waals surface area contributed by atoms with Crippen LogP contribution in [0.25, 0.3) is 0 Å². The van der Waals surface area contributed by atoms with Gasteiger partial charge in [0, 0.05) is 17.8 Å². The minimum atomic E-state index is -3.68. The van der Waals surface area contributed by atoms with Crippen LogP contribution in [0.2, 0.25) is 0 Å². The maximum Gasteiger partial charge on any atom is 0.586 e. The summed E-state index contributed by atoms with van der Waals surface area (Å²) in [6, 6.07) is 3.65. The zero-order chi connectivity index (χ0) is 17.2. The van der Waals surface area contributed by atoms with Crippen molar-refractivity contribution in [1.82, 2.24) is 10.6 Å². The molecule has 2 aliphatic rings. The molecule has 1 aromatic rings. The first-order valence-corrected chi connectivity index (χ1v) is 7.65. The molecule has 3 N–H and O–H groups in total. The Morgan fingerprint density at radius 1 is 1.17 bits per heavy atom. The van der Waals surface area contributed by atoms with E-state index >= 15 is 0 Å². The molecule has 1 saturated carbocycles. The smallest absolute Gasteiger partial charge is 0.395 e. The van der Waals surface area contributed by atoms with Gasteiger partial charge in [0.1, 0.15) is 0 Å². The molecule has 1 aliphatic heterocycles. The van der Waals surface area contributed by atoms with Gasteiger partial charge in [-0.05, 0) is 25.0 Å². The van der Waals surface area contributed by atoms with Gasteiger partial charge in [-0.15, -0.1) is 8.78 Å². The van der Waals surface area contributed by atoms with Crippen LogP contribution < -0.4 is 25.4 Å². The standard InChI is InChI=1S/C15H17F2N3O4/c16-15(17)23-11-6-5-10(7-12(11)24-15)18-8-13(21)20-14(22)19-9-3-1-2-4-9/h5-7,9,18H,1-4,8H2,(H2,19,20,21,22). The molecule has 0 bridgehead atoms. The number of halogens is 2. The number of carbonyl (C=O) groups excluding carboxylic acids is 2. The van der Waals surface area contributed by atoms with Crippen LogP contribution in [0.15, 0.2) is 18.2 Å². The van der Waals surface area contributed by atoms with Crippen molar-refractivity contribution in [3.8, 4) is 11.5 Å². The van der Waals surface area contributed by atoms with Crippen molar-refractivity contribution in [3.63, 3.8) is 0 Å². The van der Waals surface area contributed by atoms with Crippen LogP contribution in [-0.4, -0.2) is 30.8 Å². The number of amides is 3. The average Bonchev–Trinajstić information content (AvgIpc) is 3.09. The predicted molar refractivity (Wildman–Crippen MR) is 80.1 cm³/mol. The Balaban J connectivity index is 1.46. The molecule has 0 spiro atoms. The maximum absolute atomic E-state index is 12.9. The summed E-state index contributed by atoms with van der Waals surface area (Å²) in [5, 5.41) is 7.68. The van der Waals surface area contributed by atoms with Crippen molar-refractivity contribution in [2.75, 3.05) is 11.9 Å². The molecule has 24 heavy (non-hydrogen) atoms. The van der Waals surface area contributed by atoms with Crippen LogP contribution in [0, 0.1) is 0 Å². The fourth-order valence-corrected chi connectivity index (χ4v) is 2.70. The Kier molecular flexibility index (Phi) is 4.41. The van der Waals surface area contributed by atoms with E-state index in [9.17, 15) is 18.4 Å². The van der Waals surface area contributed by atoms with Crippen molar-refractivity contribution >= 4 is 17.6 Å². The molecular weight excluding hydrogens is 324 g/mol. The van der Waals surface area contributed by atoms with Crippen molar-refractivity contribution in [3.05, 3.63) is 18.2 Å². The monoisotopic (exact) mass is 341 g/mol. The second-order valence-corrected chi connectivity index (χ2v) is 5.69. The fourth-order valence-electron chi connectivity index (χ4n) is 2.70. The van der Waals surface area contributed by atoms with Gasteiger partial charge >= 0.3 is 12.3 Å². The molecule has 3 rings (SSSR count). The van der Waals surface area contributed by atoms with Crippen LogP contribution in [0.1, 0.15) is 25.7 Å². The van der Waals surface area contributed by atoms with Gasteiger partial charge in [0.05, 0.1) is 6.54 Å². The van der Waals surface area contributed by atoms with Gasteiger partial charge in [0.25, 0.3) is 0 Å². The van der Waals surface area contributed by atoms with E-state index in [4.69, 9.17) is 0 Å². The van der Waals surface area contributed by atoms with Gasteiger partial charge in [-0.1, -0.05) is 12.8 Å². The molecule has 9 heteroatoms. The molecule has 1 aromatic carbocycles. The van der Waals surface area contributed by atoms with E-state index in [0.29, 0.717) is 5.69 Å². The first-order valence-electron chi connectivity index (χ1n) is 7.65. The van der Waals surface area contributed by atoms with Gasteiger partial charge in [-0.2, -0.15) is 0 Å². The molecule has 3 amide bonds. The van der Waals surface area contributed by atoms with Crippen LogP contribution in [0.4, 0.5) is 19.3 Å². The Bertz CT molecular complexity index is 648. The van der Waals surface area contributed by atoms with E-state index in [0.717, 1.165) is 25.7 Å². The highest BCUT2D eigenvalue weighted by molar-refractivity contribution is 5.96. The number of benzene rings is 1. The molecule has 1 aliphatic carbocycles. The lowest BCUT2D eigenvalue weighted by Gasteiger charge is -2.12. The van der Waals surface area contributed by atoms with Crippen molar-refractivity contribution in [2.45, 2.75) is 38.0 Å². The van der Waals surface area contributed by atoms with E-state index in [1.165, 1.54) is 18.2 Å². The number of fused-ring (bicyclic) bond motifs is 1. The summed E-state index contributed by atoms with van der Waals surface area (Å²) < 4.78 is 34.4. The minimum Gasteiger partial charge on any atom is -0.395 e. The summed E-state index contributed by atoms with van der Waals surface area (Å²) in [5.74, 6) is -0.733. The first kappa shape index (κ1) is 16.3. The Hall–Kier alpha value is -2.58. The van der Waals surface area contributed by atoms with E-state index in [1.54, 1.807) is 0 Å². The number of carbonyl (C=O) groups is 2. The molecule has 0 atom stereocenters. The molecule has 7 nitrogen and oxygen atoms in total. The minimum absolute atomic E-state index is 0.0778. The number of imide groups is 1. The SMILES string of the molecule is O=C(CNc1ccc2c(c1)OC(F)(F)O2)NC(=O)NC1CCCC1. The topological polar surface area (TPSA) is 88.7 Å². The Morgan fingerprint density at radius 3 is 2.62 bits per heavy atom. The summed E-state index contributed by atoms with van der Waals surface area (Å²) in [7, 11) is 0. The molecule has 1 heterocycles. The maximum atomic E-state index is 12.9. The van der Waals surface area contributed by atoms with E-state index in [-0.39, 0.29) is 24.1 Å². The van der Waals surface area contributed by atoms with E-state index < -0.39 is 18.2 Å². The quantitative estimate of drug-likeness (QED) is 0.781. The lowest BCUT2D eigenvalue weighted by Crippen LogP contribution is -2.45. The highest BCUT2D eigenvalue weighted by Crippen LogP contribution is 2.42. The Morgan fingerprint density at radius 2 is 1.88 bits per heavy atom. The number of ether oxygens (including phenoxy) is 2. The molecule has 0 aromatic heterocycles. The zero-order valence-corrected chi connectivity index (χ0v) is 12.7. The molecule has 0 unspecified atom stereocenters. The van der Waals surface area contributed by atoms with Gasteiger partial charge in [0.2, 0.25) is 5.91 Å². The summed E-state index contributed by atoms with van der Waals surface area (Å²) >= 11 is 0. The Labute approximate surface area is 136 Å². The van der Waals surface area contributed by atoms with E-state index in [2.05, 4.69) is 25.4 Å². The number of nitrogens with one attached hydrogen (secondary N) is 3. The van der Waals surface area contributed by atoms with Crippen molar-refractivity contribution in [2.24, 2.45) is 0 Å². The second kappa shape index (κ2) is 6.50. The number of rotatable bonds is 4. The van der Waals surface area contributed by atoms with Crippen molar-refractivity contribution < 1.29 is 27.8 Å². The number of hydrogen-bond donors (Lipinski definition) is 3. The van der Waals surface area contributed by atoms with Crippen molar-refractivity contribution in [1.29, 1.82) is 0 Å². The average molecular weight is 341 g/mol. The molecule has 0 radical (unpaired) electrons. The highest BCUT2D eigenvalue weighted by Gasteiger charge is 2.43. The third-order valence-corrected chi connectivity index (χ3v) is 3.80. The summed E-state index contributed by atoms with van der Waals surface area (Å²) in [6.07, 6.45) is 0.299. The van der Waals surface area contributed by atoms with Gasteiger partial charge < -0.3 is 20.1 Å². The van der Waals surface area contributed by atoms with Gasteiger partial charge in [-0.3, -0.25) is 10.1 Å². The molecular formula is C15H17F2N3O4. The molecule has 130 valence electrons. The second-order valence-electron chi connectivity index (χ2n) is 5.69. The summed E-state index contributed by atoms with van der Waals surface area (Å²) in [6.45, 7) is -0.186. The number of anilines is 1. The predicted octanol–water partition coefficient (Wildman–Crippen LogP) is 2.19. The lowest BCUT2D eigenvalue weighted by atomic mass is 10.2.